The maximum atomic E-state index is 14.4. The first-order valence-corrected chi connectivity index (χ1v) is 19.3. The van der Waals surface area contributed by atoms with Crippen molar-refractivity contribution in [3.8, 4) is 0 Å². The van der Waals surface area contributed by atoms with Crippen LogP contribution < -0.4 is 4.72 Å². The summed E-state index contributed by atoms with van der Waals surface area (Å²) in [5.41, 5.74) is -1.29. The van der Waals surface area contributed by atoms with Gasteiger partial charge >= 0.3 is 12.1 Å². The highest BCUT2D eigenvalue weighted by molar-refractivity contribution is 7.90. The zero-order valence-corrected chi connectivity index (χ0v) is 30.1. The molecule has 3 aliphatic heterocycles. The monoisotopic (exact) mass is 731 g/mol. The summed E-state index contributed by atoms with van der Waals surface area (Å²) in [5.74, 6) is -4.56. The molecule has 0 spiro atoms. The maximum Gasteiger partial charge on any atom is 0.410 e. The first-order chi connectivity index (χ1) is 24.8. The number of hydrogen-bond donors (Lipinski definition) is 1. The van der Waals surface area contributed by atoms with Crippen LogP contribution in [0.1, 0.15) is 105 Å². The Balaban J connectivity index is 1.28. The first-order valence-electron chi connectivity index (χ1n) is 18.8. The smallest absolute Gasteiger partial charge is 0.410 e. The minimum atomic E-state index is -3.97. The van der Waals surface area contributed by atoms with E-state index >= 15 is 0 Å². The van der Waals surface area contributed by atoms with Gasteiger partial charge < -0.3 is 14.4 Å². The number of halogens is 1. The minimum Gasteiger partial charge on any atom is -0.460 e. The zero-order chi connectivity index (χ0) is 38.5. The molecule has 3 heterocycles. The fourth-order valence-electron chi connectivity index (χ4n) is 7.43. The van der Waals surface area contributed by atoms with Gasteiger partial charge in [-0.15, -0.1) is 0 Å². The minimum absolute atomic E-state index is 0.00917. The highest BCUT2D eigenvalue weighted by Gasteiger charge is 2.61. The summed E-state index contributed by atoms with van der Waals surface area (Å²) in [5, 5.41) is -0.692. The Kier molecular flexibility index (Phi) is 9.62. The fraction of sp³-hybridized carbons (Fsp3) is 0.649. The number of fused-ring (bicyclic) bond motifs is 3. The van der Waals surface area contributed by atoms with E-state index in [0.717, 1.165) is 0 Å². The zero-order valence-electron chi connectivity index (χ0n) is 31.3. The molecule has 5 atom stereocenters. The number of nitrogens with one attached hydrogen (secondary N) is 1. The van der Waals surface area contributed by atoms with Crippen LogP contribution in [-0.2, 0) is 51.8 Å². The number of ketones is 1. The normalized spacial score (nSPS) is 30.7. The molecule has 0 aromatic heterocycles. The average molecular weight is 732 g/mol. The summed E-state index contributed by atoms with van der Waals surface area (Å²) < 4.78 is 70.6. The molecule has 0 bridgehead atoms. The Morgan fingerprint density at radius 3 is 2.57 bits per heavy atom. The second-order valence-corrected chi connectivity index (χ2v) is 17.5. The molecule has 1 aromatic carbocycles. The second-order valence-electron chi connectivity index (χ2n) is 15.6. The highest BCUT2D eigenvalue weighted by Crippen LogP contribution is 2.57. The van der Waals surface area contributed by atoms with Crippen LogP contribution in [0.2, 0.25) is 0 Å². The summed E-state index contributed by atoms with van der Waals surface area (Å²) in [4.78, 5) is 71.5. The molecule has 12 nitrogen and oxygen atoms in total. The van der Waals surface area contributed by atoms with Crippen LogP contribution in [0.25, 0.3) is 0 Å². The summed E-state index contributed by atoms with van der Waals surface area (Å²) in [7, 11) is -3.97. The standard InChI is InChI=1S/C37H48FN3O9S/c1-36(2,3)50-32(43)16-23-10-7-5-4-6-8-12-25-18-37(25,34(45)39-51(47,48)27-14-15-27)19-31(42)30-17-26(21-41(30)33(23)44)49-35(46)40-20-24-11-9-13-29(38)28(24)22-40/h8-9,11-13,23,25-27,30H,4-7,10,14-22H2,1-3H3,(H,39,45)/b12-8-/t23-,25+,26-,30+,37-/m1/s1/i6D2. The molecule has 1 saturated heterocycles. The van der Waals surface area contributed by atoms with Gasteiger partial charge in [0.25, 0.3) is 0 Å². The number of nitrogens with zero attached hydrogens (tertiary/aromatic N) is 2. The van der Waals surface area contributed by atoms with Crippen LogP contribution in [-0.4, -0.2) is 77.4 Å². The van der Waals surface area contributed by atoms with Crippen LogP contribution in [0.5, 0.6) is 0 Å². The van der Waals surface area contributed by atoms with Crippen molar-refractivity contribution in [3.63, 3.8) is 0 Å². The molecule has 3 fully saturated rings. The molecule has 3 amide bonds. The third-order valence-corrected chi connectivity index (χ3v) is 12.2. The number of benzene rings is 1. The van der Waals surface area contributed by atoms with E-state index in [9.17, 15) is 36.8 Å². The molecule has 51 heavy (non-hydrogen) atoms. The molecule has 2 aliphatic carbocycles. The van der Waals surface area contributed by atoms with Crippen LogP contribution in [0, 0.1) is 23.1 Å². The molecule has 278 valence electrons. The Hall–Kier alpha value is -3.81. The number of hydrogen-bond acceptors (Lipinski definition) is 9. The van der Waals surface area contributed by atoms with Gasteiger partial charge in [-0.05, 0) is 76.8 Å². The van der Waals surface area contributed by atoms with Crippen molar-refractivity contribution in [2.45, 2.75) is 127 Å². The average Bonchev–Trinajstić information content (AvgIpc) is 3.94. The van der Waals surface area contributed by atoms with E-state index in [1.165, 1.54) is 21.9 Å². The molecule has 5 aliphatic rings. The fourth-order valence-corrected chi connectivity index (χ4v) is 8.81. The molecule has 2 saturated carbocycles. The molecule has 1 N–H and O–H groups in total. The van der Waals surface area contributed by atoms with Crippen LogP contribution in [0.15, 0.2) is 30.4 Å². The lowest BCUT2D eigenvalue weighted by Crippen LogP contribution is -2.46. The number of ether oxygens (including phenoxy) is 2. The van der Waals surface area contributed by atoms with Gasteiger partial charge in [0, 0.05) is 33.6 Å². The predicted octanol–water partition coefficient (Wildman–Crippen LogP) is 4.69. The van der Waals surface area contributed by atoms with Crippen LogP contribution in [0.4, 0.5) is 9.18 Å². The van der Waals surface area contributed by atoms with Crippen molar-refractivity contribution in [2.24, 2.45) is 17.3 Å². The Morgan fingerprint density at radius 2 is 1.86 bits per heavy atom. The van der Waals surface area contributed by atoms with Crippen molar-refractivity contribution in [2.75, 3.05) is 6.54 Å². The van der Waals surface area contributed by atoms with Gasteiger partial charge in [0.2, 0.25) is 21.8 Å². The molecule has 1 aromatic rings. The summed E-state index contributed by atoms with van der Waals surface area (Å²) in [6.07, 6.45) is 0.562. The topological polar surface area (TPSA) is 156 Å². The molecular weight excluding hydrogens is 681 g/mol. The van der Waals surface area contributed by atoms with Crippen LogP contribution in [0.3, 0.4) is 0 Å². The second kappa shape index (κ2) is 14.3. The van der Waals surface area contributed by atoms with Gasteiger partial charge in [0.15, 0.2) is 5.78 Å². The van der Waals surface area contributed by atoms with Crippen molar-refractivity contribution in [3.05, 3.63) is 47.3 Å². The number of carbonyl (C=O) groups is 5. The molecule has 14 heteroatoms. The molecular formula is C37H48FN3O9S. The Labute approximate surface area is 301 Å². The van der Waals surface area contributed by atoms with Crippen molar-refractivity contribution < 1.29 is 49.0 Å². The lowest BCUT2D eigenvalue weighted by atomic mass is 9.90. The van der Waals surface area contributed by atoms with E-state index in [1.807, 2.05) is 0 Å². The first kappa shape index (κ1) is 34.3. The number of allylic oxidation sites excluding steroid dienone is 2. The van der Waals surface area contributed by atoms with Crippen LogP contribution >= 0.6 is 0 Å². The highest BCUT2D eigenvalue weighted by atomic mass is 32.2. The van der Waals surface area contributed by atoms with Gasteiger partial charge in [-0.1, -0.05) is 37.1 Å². The van der Waals surface area contributed by atoms with Gasteiger partial charge in [-0.2, -0.15) is 0 Å². The number of carbonyl (C=O) groups excluding carboxylic acids is 5. The van der Waals surface area contributed by atoms with Gasteiger partial charge in [-0.3, -0.25) is 28.8 Å². The number of rotatable bonds is 6. The van der Waals surface area contributed by atoms with Gasteiger partial charge in [-0.25, -0.2) is 17.6 Å². The van der Waals surface area contributed by atoms with Crippen molar-refractivity contribution >= 4 is 39.7 Å². The van der Waals surface area contributed by atoms with E-state index in [-0.39, 0.29) is 51.7 Å². The molecule has 0 unspecified atom stereocenters. The van der Waals surface area contributed by atoms with E-state index in [2.05, 4.69) is 4.72 Å². The largest absolute Gasteiger partial charge is 0.460 e. The summed E-state index contributed by atoms with van der Waals surface area (Å²) in [6, 6.07) is 3.42. The van der Waals surface area contributed by atoms with Gasteiger partial charge in [0.1, 0.15) is 17.5 Å². The Morgan fingerprint density at radius 1 is 1.10 bits per heavy atom. The van der Waals surface area contributed by atoms with E-state index in [0.29, 0.717) is 36.8 Å². The number of sulfonamides is 1. The number of amides is 3. The number of Topliss-reactive ketones (excluding diaryl/α,β-unsaturated/α-hetero) is 1. The molecule has 6 rings (SSSR count). The SMILES string of the molecule is [2H]C1([2H])/C=C\[C@H]2C[C@@]2(C(=O)NS(=O)(=O)C2CC2)CC(=O)[C@@H]2C[C@@H](OC(=O)N3Cc4cccc(F)c4C3)CN2C(=O)[C@@H](CC(=O)OC(C)(C)C)CCCC1. The van der Waals surface area contributed by atoms with E-state index in [4.69, 9.17) is 12.2 Å². The predicted molar refractivity (Wildman–Crippen MR) is 182 cm³/mol. The summed E-state index contributed by atoms with van der Waals surface area (Å²) >= 11 is 0. The third kappa shape index (κ3) is 8.47. The van der Waals surface area contributed by atoms with Gasteiger partial charge in [0.05, 0.1) is 36.2 Å². The lowest BCUT2D eigenvalue weighted by molar-refractivity contribution is -0.159. The van der Waals surface area contributed by atoms with E-state index < -0.39 is 98.5 Å². The maximum absolute atomic E-state index is 14.4. The summed E-state index contributed by atoms with van der Waals surface area (Å²) in [6.45, 7) is 5.04. The van der Waals surface area contributed by atoms with Crippen molar-refractivity contribution in [1.82, 2.24) is 14.5 Å². The van der Waals surface area contributed by atoms with E-state index in [1.54, 1.807) is 39.0 Å². The molecule has 0 radical (unpaired) electrons. The number of esters is 1. The third-order valence-electron chi connectivity index (χ3n) is 10.4. The van der Waals surface area contributed by atoms with Crippen molar-refractivity contribution in [1.29, 1.82) is 0 Å². The quantitative estimate of drug-likeness (QED) is 0.324. The Bertz CT molecular complexity index is 1810. The lowest BCUT2D eigenvalue weighted by Gasteiger charge is -2.29.